The summed E-state index contributed by atoms with van der Waals surface area (Å²) in [5, 5.41) is 12.5. The topological polar surface area (TPSA) is 53.6 Å². The molecule has 0 aliphatic carbocycles. The van der Waals surface area contributed by atoms with Gasteiger partial charge in [0.15, 0.2) is 0 Å². The number of rotatable bonds is 3. The number of benzene rings is 1. The van der Waals surface area contributed by atoms with Gasteiger partial charge >= 0.3 is 0 Å². The molecule has 2 rings (SSSR count). The van der Waals surface area contributed by atoms with Crippen LogP contribution >= 0.6 is 0 Å². The Morgan fingerprint density at radius 3 is 2.68 bits per heavy atom. The molecule has 4 nitrogen and oxygen atoms in total. The second-order valence-corrected chi connectivity index (χ2v) is 5.52. The van der Waals surface area contributed by atoms with Crippen LogP contribution in [0.1, 0.15) is 31.3 Å². The van der Waals surface area contributed by atoms with Gasteiger partial charge in [-0.05, 0) is 45.5 Å². The first-order chi connectivity index (χ1) is 8.90. The van der Waals surface area contributed by atoms with Crippen LogP contribution in [0.3, 0.4) is 0 Å². The van der Waals surface area contributed by atoms with Crippen molar-refractivity contribution in [3.05, 3.63) is 29.6 Å². The summed E-state index contributed by atoms with van der Waals surface area (Å²) in [4.78, 5) is 4.55. The van der Waals surface area contributed by atoms with Crippen molar-refractivity contribution in [3.8, 4) is 6.07 Å². The van der Waals surface area contributed by atoms with Crippen LogP contribution in [0.5, 0.6) is 0 Å². The molecule has 0 amide bonds. The molecule has 0 aliphatic rings. The van der Waals surface area contributed by atoms with E-state index in [4.69, 9.17) is 0 Å². The third-order valence-corrected chi connectivity index (χ3v) is 3.76. The SMILES string of the molecule is CNC(c1ccc2c(c1)nc(C)n2C)C(C)(C)C#N. The van der Waals surface area contributed by atoms with Crippen molar-refractivity contribution in [1.82, 2.24) is 14.9 Å². The number of imidazole rings is 1. The average molecular weight is 256 g/mol. The maximum atomic E-state index is 9.31. The van der Waals surface area contributed by atoms with E-state index in [0.717, 1.165) is 22.4 Å². The first kappa shape index (κ1) is 13.6. The quantitative estimate of drug-likeness (QED) is 0.918. The lowest BCUT2D eigenvalue weighted by atomic mass is 9.82. The Hall–Kier alpha value is -1.86. The summed E-state index contributed by atoms with van der Waals surface area (Å²) in [7, 11) is 3.90. The van der Waals surface area contributed by atoms with Gasteiger partial charge in [0.1, 0.15) is 5.82 Å². The summed E-state index contributed by atoms with van der Waals surface area (Å²) in [5.74, 6) is 0.993. The number of hydrogen-bond donors (Lipinski definition) is 1. The summed E-state index contributed by atoms with van der Waals surface area (Å²) in [6.07, 6.45) is 0. The minimum absolute atomic E-state index is 0.00999. The Morgan fingerprint density at radius 1 is 1.42 bits per heavy atom. The monoisotopic (exact) mass is 256 g/mol. The zero-order valence-corrected chi connectivity index (χ0v) is 12.2. The molecule has 0 radical (unpaired) electrons. The molecular weight excluding hydrogens is 236 g/mol. The fraction of sp³-hybridized carbons (Fsp3) is 0.467. The van der Waals surface area contributed by atoms with E-state index in [2.05, 4.69) is 39.1 Å². The highest BCUT2D eigenvalue weighted by atomic mass is 15.0. The Morgan fingerprint density at radius 2 is 2.11 bits per heavy atom. The van der Waals surface area contributed by atoms with Crippen molar-refractivity contribution in [3.63, 3.8) is 0 Å². The Balaban J connectivity index is 2.54. The molecule has 100 valence electrons. The normalized spacial score (nSPS) is 13.5. The number of aryl methyl sites for hydroxylation is 2. The summed E-state index contributed by atoms with van der Waals surface area (Å²) in [6, 6.07) is 8.57. The minimum atomic E-state index is -0.466. The number of nitrogens with zero attached hydrogens (tertiary/aromatic N) is 3. The third-order valence-electron chi connectivity index (χ3n) is 3.76. The molecule has 1 atom stereocenters. The molecule has 0 saturated heterocycles. The lowest BCUT2D eigenvalue weighted by Crippen LogP contribution is -2.30. The molecule has 0 spiro atoms. The van der Waals surface area contributed by atoms with E-state index in [1.165, 1.54) is 0 Å². The van der Waals surface area contributed by atoms with Gasteiger partial charge in [-0.3, -0.25) is 0 Å². The molecular formula is C15H20N4. The van der Waals surface area contributed by atoms with Crippen molar-refractivity contribution >= 4 is 11.0 Å². The van der Waals surface area contributed by atoms with Crippen LogP contribution in [0, 0.1) is 23.7 Å². The minimum Gasteiger partial charge on any atom is -0.331 e. The zero-order chi connectivity index (χ0) is 14.2. The molecule has 19 heavy (non-hydrogen) atoms. The summed E-state index contributed by atoms with van der Waals surface area (Å²) in [5.41, 5.74) is 2.73. The molecule has 0 aliphatic heterocycles. The van der Waals surface area contributed by atoms with Crippen LogP contribution in [0.25, 0.3) is 11.0 Å². The van der Waals surface area contributed by atoms with Crippen molar-refractivity contribution in [2.24, 2.45) is 12.5 Å². The molecule has 1 N–H and O–H groups in total. The van der Waals surface area contributed by atoms with Crippen LogP contribution in [0.15, 0.2) is 18.2 Å². The highest BCUT2D eigenvalue weighted by Gasteiger charge is 2.29. The van der Waals surface area contributed by atoms with Gasteiger partial charge in [-0.25, -0.2) is 4.98 Å². The number of aromatic nitrogens is 2. The van der Waals surface area contributed by atoms with Gasteiger partial charge in [0.2, 0.25) is 0 Å². The molecule has 1 aromatic carbocycles. The van der Waals surface area contributed by atoms with Crippen molar-refractivity contribution < 1.29 is 0 Å². The predicted octanol–water partition coefficient (Wildman–Crippen LogP) is 2.69. The second kappa shape index (κ2) is 4.67. The van der Waals surface area contributed by atoms with E-state index in [0.29, 0.717) is 0 Å². The highest BCUT2D eigenvalue weighted by Crippen LogP contribution is 2.33. The Labute approximate surface area is 114 Å². The lowest BCUT2D eigenvalue weighted by molar-refractivity contribution is 0.344. The Bertz CT molecular complexity index is 646. The van der Waals surface area contributed by atoms with E-state index in [1.54, 1.807) is 0 Å². The smallest absolute Gasteiger partial charge is 0.106 e. The van der Waals surface area contributed by atoms with Crippen LogP contribution in [0.4, 0.5) is 0 Å². The number of nitrogens with one attached hydrogen (secondary N) is 1. The van der Waals surface area contributed by atoms with Gasteiger partial charge in [-0.2, -0.15) is 5.26 Å². The van der Waals surface area contributed by atoms with E-state index in [-0.39, 0.29) is 6.04 Å². The average Bonchev–Trinajstić information content (AvgIpc) is 2.65. The third kappa shape index (κ3) is 2.22. The van der Waals surface area contributed by atoms with Crippen LogP contribution < -0.4 is 5.32 Å². The van der Waals surface area contributed by atoms with Crippen LogP contribution in [-0.4, -0.2) is 16.6 Å². The first-order valence-electron chi connectivity index (χ1n) is 6.42. The molecule has 1 unspecified atom stereocenters. The number of fused-ring (bicyclic) bond motifs is 1. The predicted molar refractivity (Wildman–Crippen MR) is 76.6 cm³/mol. The largest absolute Gasteiger partial charge is 0.331 e. The summed E-state index contributed by atoms with van der Waals surface area (Å²) < 4.78 is 2.07. The van der Waals surface area contributed by atoms with Gasteiger partial charge < -0.3 is 9.88 Å². The fourth-order valence-electron chi connectivity index (χ4n) is 2.53. The van der Waals surface area contributed by atoms with E-state index in [1.807, 2.05) is 34.9 Å². The van der Waals surface area contributed by atoms with Crippen LogP contribution in [-0.2, 0) is 7.05 Å². The van der Waals surface area contributed by atoms with Gasteiger partial charge in [0.25, 0.3) is 0 Å². The standard InChI is InChI=1S/C15H20N4/c1-10-18-12-8-11(6-7-13(12)19(10)5)14(17-4)15(2,3)9-16/h6-8,14,17H,1-5H3. The molecule has 2 aromatic rings. The van der Waals surface area contributed by atoms with Crippen molar-refractivity contribution in [1.29, 1.82) is 5.26 Å². The summed E-state index contributed by atoms with van der Waals surface area (Å²) >= 11 is 0. The van der Waals surface area contributed by atoms with Gasteiger partial charge in [-0.1, -0.05) is 6.07 Å². The van der Waals surface area contributed by atoms with E-state index >= 15 is 0 Å². The highest BCUT2D eigenvalue weighted by molar-refractivity contribution is 5.77. The number of hydrogen-bond acceptors (Lipinski definition) is 3. The maximum absolute atomic E-state index is 9.31. The molecule has 0 fully saturated rings. The van der Waals surface area contributed by atoms with E-state index in [9.17, 15) is 5.26 Å². The van der Waals surface area contributed by atoms with Gasteiger partial charge in [0.05, 0.1) is 28.6 Å². The van der Waals surface area contributed by atoms with E-state index < -0.39 is 5.41 Å². The van der Waals surface area contributed by atoms with Crippen LogP contribution in [0.2, 0.25) is 0 Å². The number of nitriles is 1. The molecule has 0 saturated carbocycles. The van der Waals surface area contributed by atoms with Crippen molar-refractivity contribution in [2.45, 2.75) is 26.8 Å². The molecule has 1 aromatic heterocycles. The molecule has 1 heterocycles. The molecule has 4 heteroatoms. The lowest BCUT2D eigenvalue weighted by Gasteiger charge is -2.28. The zero-order valence-electron chi connectivity index (χ0n) is 12.2. The Kier molecular flexibility index (Phi) is 3.34. The first-order valence-corrected chi connectivity index (χ1v) is 6.42. The van der Waals surface area contributed by atoms with Gasteiger partial charge in [0, 0.05) is 7.05 Å². The summed E-state index contributed by atoms with van der Waals surface area (Å²) in [6.45, 7) is 5.89. The van der Waals surface area contributed by atoms with Gasteiger partial charge in [-0.15, -0.1) is 0 Å². The second-order valence-electron chi connectivity index (χ2n) is 5.52. The van der Waals surface area contributed by atoms with Crippen molar-refractivity contribution in [2.75, 3.05) is 7.05 Å². The molecule has 0 bridgehead atoms. The fourth-order valence-corrected chi connectivity index (χ4v) is 2.53. The maximum Gasteiger partial charge on any atom is 0.106 e.